The summed E-state index contributed by atoms with van der Waals surface area (Å²) in [6, 6.07) is 6.45. The average molecular weight is 354 g/mol. The number of sulfonamides is 1. The predicted octanol–water partition coefficient (Wildman–Crippen LogP) is 0.987. The van der Waals surface area contributed by atoms with Crippen LogP contribution in [0.1, 0.15) is 24.8 Å². The van der Waals surface area contributed by atoms with E-state index in [2.05, 4.69) is 4.72 Å². The van der Waals surface area contributed by atoms with E-state index in [-0.39, 0.29) is 30.3 Å². The maximum atomic E-state index is 12.1. The molecule has 0 radical (unpaired) electrons. The fraction of sp³-hybridized carbons (Fsp3) is 0.500. The molecule has 1 fully saturated rings. The van der Waals surface area contributed by atoms with Gasteiger partial charge in [-0.15, -0.1) is 0 Å². The normalized spacial score (nSPS) is 18.4. The molecule has 1 aromatic rings. The summed E-state index contributed by atoms with van der Waals surface area (Å²) < 4.78 is 26.7. The molecule has 1 aliphatic rings. The number of carboxylic acid groups (broad SMARTS) is 1. The number of hydrogen-bond donors (Lipinski definition) is 2. The van der Waals surface area contributed by atoms with Crippen LogP contribution in [0.2, 0.25) is 0 Å². The Kier molecular flexibility index (Phi) is 5.95. The minimum Gasteiger partial charge on any atom is -0.481 e. The van der Waals surface area contributed by atoms with Gasteiger partial charge in [0, 0.05) is 26.1 Å². The largest absolute Gasteiger partial charge is 0.481 e. The number of carbonyl (C=O) groups excluding carboxylic acids is 1. The van der Waals surface area contributed by atoms with E-state index in [1.807, 2.05) is 6.92 Å². The summed E-state index contributed by atoms with van der Waals surface area (Å²) >= 11 is 0. The van der Waals surface area contributed by atoms with E-state index < -0.39 is 21.9 Å². The number of rotatable bonds is 6. The molecular formula is C16H22N2O5S. The van der Waals surface area contributed by atoms with Crippen LogP contribution in [0.15, 0.2) is 29.2 Å². The molecule has 1 heterocycles. The lowest BCUT2D eigenvalue weighted by Gasteiger charge is -2.30. The number of hydrogen-bond acceptors (Lipinski definition) is 4. The van der Waals surface area contributed by atoms with Gasteiger partial charge < -0.3 is 10.0 Å². The number of aliphatic carboxylic acids is 1. The molecule has 2 rings (SSSR count). The molecule has 8 heteroatoms. The molecule has 0 aliphatic carbocycles. The minimum atomic E-state index is -3.64. The molecule has 1 saturated heterocycles. The summed E-state index contributed by atoms with van der Waals surface area (Å²) in [4.78, 5) is 24.8. The van der Waals surface area contributed by atoms with Gasteiger partial charge in [0.1, 0.15) is 0 Å². The maximum Gasteiger partial charge on any atom is 0.308 e. The lowest BCUT2D eigenvalue weighted by Crippen LogP contribution is -2.43. The van der Waals surface area contributed by atoms with Crippen molar-refractivity contribution in [3.63, 3.8) is 0 Å². The third kappa shape index (κ3) is 4.78. The maximum absolute atomic E-state index is 12.1. The molecule has 1 aliphatic heterocycles. The Bertz CT molecular complexity index is 700. The molecule has 132 valence electrons. The van der Waals surface area contributed by atoms with Crippen molar-refractivity contribution in [2.75, 3.05) is 19.6 Å². The second kappa shape index (κ2) is 7.76. The lowest BCUT2D eigenvalue weighted by molar-refractivity contribution is -0.145. The molecule has 0 aromatic heterocycles. The number of amides is 1. The molecule has 1 aromatic carbocycles. The Morgan fingerprint density at radius 1 is 1.29 bits per heavy atom. The van der Waals surface area contributed by atoms with Crippen LogP contribution < -0.4 is 4.72 Å². The minimum absolute atomic E-state index is 0.0106. The molecule has 24 heavy (non-hydrogen) atoms. The summed E-state index contributed by atoms with van der Waals surface area (Å²) in [5, 5.41) is 9.04. The summed E-state index contributed by atoms with van der Waals surface area (Å²) in [7, 11) is -3.64. The third-order valence-electron chi connectivity index (χ3n) is 4.09. The first kappa shape index (κ1) is 18.4. The van der Waals surface area contributed by atoms with Crippen molar-refractivity contribution in [2.45, 2.75) is 31.1 Å². The van der Waals surface area contributed by atoms with Crippen molar-refractivity contribution in [3.05, 3.63) is 29.8 Å². The Hall–Kier alpha value is -1.93. The summed E-state index contributed by atoms with van der Waals surface area (Å²) in [6.07, 6.45) is 1.23. The second-order valence-electron chi connectivity index (χ2n) is 5.98. The van der Waals surface area contributed by atoms with Gasteiger partial charge in [0.25, 0.3) is 0 Å². The van der Waals surface area contributed by atoms with E-state index >= 15 is 0 Å². The van der Waals surface area contributed by atoms with Gasteiger partial charge in [0.15, 0.2) is 0 Å². The number of carbonyl (C=O) groups is 2. The topological polar surface area (TPSA) is 104 Å². The molecule has 7 nitrogen and oxygen atoms in total. The first-order valence-electron chi connectivity index (χ1n) is 7.86. The molecule has 1 atom stereocenters. The zero-order valence-electron chi connectivity index (χ0n) is 13.6. The number of likely N-dealkylation sites (tertiary alicyclic amines) is 1. The van der Waals surface area contributed by atoms with Crippen LogP contribution in [0.4, 0.5) is 0 Å². The molecule has 1 unspecified atom stereocenters. The molecule has 0 bridgehead atoms. The lowest BCUT2D eigenvalue weighted by atomic mass is 9.98. The van der Waals surface area contributed by atoms with Gasteiger partial charge >= 0.3 is 5.97 Å². The van der Waals surface area contributed by atoms with Gasteiger partial charge in [0.05, 0.1) is 10.8 Å². The van der Waals surface area contributed by atoms with Crippen molar-refractivity contribution < 1.29 is 23.1 Å². The van der Waals surface area contributed by atoms with Crippen LogP contribution >= 0.6 is 0 Å². The van der Waals surface area contributed by atoms with Crippen LogP contribution in [0, 0.1) is 12.8 Å². The Balaban J connectivity index is 1.85. The van der Waals surface area contributed by atoms with Crippen LogP contribution in [-0.2, 0) is 19.6 Å². The highest BCUT2D eigenvalue weighted by atomic mass is 32.2. The number of carboxylic acids is 1. The fourth-order valence-corrected chi connectivity index (χ4v) is 3.69. The molecule has 2 N–H and O–H groups in total. The summed E-state index contributed by atoms with van der Waals surface area (Å²) in [6.45, 7) is 2.57. The van der Waals surface area contributed by atoms with Crippen molar-refractivity contribution in [1.82, 2.24) is 9.62 Å². The van der Waals surface area contributed by atoms with Gasteiger partial charge in [-0.2, -0.15) is 0 Å². The van der Waals surface area contributed by atoms with Gasteiger partial charge in [-0.3, -0.25) is 9.59 Å². The van der Waals surface area contributed by atoms with Crippen LogP contribution in [0.5, 0.6) is 0 Å². The molecule has 0 saturated carbocycles. The van der Waals surface area contributed by atoms with E-state index in [1.165, 1.54) is 17.0 Å². The number of piperidine rings is 1. The highest BCUT2D eigenvalue weighted by Gasteiger charge is 2.28. The molecule has 0 spiro atoms. The van der Waals surface area contributed by atoms with E-state index in [9.17, 15) is 18.0 Å². The van der Waals surface area contributed by atoms with E-state index in [0.29, 0.717) is 19.4 Å². The van der Waals surface area contributed by atoms with Crippen LogP contribution in [0.3, 0.4) is 0 Å². The first-order chi connectivity index (χ1) is 11.3. The average Bonchev–Trinajstić information content (AvgIpc) is 2.55. The van der Waals surface area contributed by atoms with Crippen molar-refractivity contribution in [2.24, 2.45) is 5.92 Å². The first-order valence-corrected chi connectivity index (χ1v) is 9.35. The van der Waals surface area contributed by atoms with E-state index in [0.717, 1.165) is 5.56 Å². The molecule has 1 amide bonds. The van der Waals surface area contributed by atoms with E-state index in [1.54, 1.807) is 12.1 Å². The highest BCUT2D eigenvalue weighted by molar-refractivity contribution is 7.89. The standard InChI is InChI=1S/C16H22N2O5S/c1-12-4-6-14(7-5-12)24(22,23)17-9-8-15(19)18-10-2-3-13(11-18)16(20)21/h4-7,13,17H,2-3,8-11H2,1H3,(H,20,21). The third-order valence-corrected chi connectivity index (χ3v) is 5.56. The zero-order valence-corrected chi connectivity index (χ0v) is 14.4. The number of aryl methyl sites for hydroxylation is 1. The highest BCUT2D eigenvalue weighted by Crippen LogP contribution is 2.17. The van der Waals surface area contributed by atoms with E-state index in [4.69, 9.17) is 5.11 Å². The predicted molar refractivity (Wildman–Crippen MR) is 87.9 cm³/mol. The number of nitrogens with one attached hydrogen (secondary N) is 1. The van der Waals surface area contributed by atoms with Crippen molar-refractivity contribution >= 4 is 21.9 Å². The summed E-state index contributed by atoms with van der Waals surface area (Å²) in [5.41, 5.74) is 0.960. The molecular weight excluding hydrogens is 332 g/mol. The van der Waals surface area contributed by atoms with Gasteiger partial charge in [-0.25, -0.2) is 13.1 Å². The zero-order chi connectivity index (χ0) is 17.7. The fourth-order valence-electron chi connectivity index (χ4n) is 2.66. The SMILES string of the molecule is Cc1ccc(S(=O)(=O)NCCC(=O)N2CCCC(C(=O)O)C2)cc1. The quantitative estimate of drug-likeness (QED) is 0.793. The Labute approximate surface area is 141 Å². The Morgan fingerprint density at radius 3 is 2.58 bits per heavy atom. The van der Waals surface area contributed by atoms with Gasteiger partial charge in [-0.05, 0) is 31.9 Å². The van der Waals surface area contributed by atoms with Crippen LogP contribution in [0.25, 0.3) is 0 Å². The number of benzene rings is 1. The second-order valence-corrected chi connectivity index (χ2v) is 7.74. The van der Waals surface area contributed by atoms with Crippen molar-refractivity contribution in [1.29, 1.82) is 0 Å². The Morgan fingerprint density at radius 2 is 1.96 bits per heavy atom. The monoisotopic (exact) mass is 354 g/mol. The van der Waals surface area contributed by atoms with Gasteiger partial charge in [-0.1, -0.05) is 17.7 Å². The summed E-state index contributed by atoms with van der Waals surface area (Å²) in [5.74, 6) is -1.66. The van der Waals surface area contributed by atoms with Crippen molar-refractivity contribution in [3.8, 4) is 0 Å². The van der Waals surface area contributed by atoms with Gasteiger partial charge in [0.2, 0.25) is 15.9 Å². The number of nitrogens with zero attached hydrogens (tertiary/aromatic N) is 1. The smallest absolute Gasteiger partial charge is 0.308 e. The van der Waals surface area contributed by atoms with Crippen LogP contribution in [-0.4, -0.2) is 49.9 Å².